The summed E-state index contributed by atoms with van der Waals surface area (Å²) in [5.41, 5.74) is 0. The molecule has 92 valence electrons. The lowest BCUT2D eigenvalue weighted by atomic mass is 10.1. The molecule has 0 N–H and O–H groups in total. The van der Waals surface area contributed by atoms with E-state index in [2.05, 4.69) is 4.74 Å². The zero-order chi connectivity index (χ0) is 12.0. The average Bonchev–Trinajstić information content (AvgIpc) is 2.31. The van der Waals surface area contributed by atoms with Crippen molar-refractivity contribution in [1.82, 2.24) is 0 Å². The van der Waals surface area contributed by atoms with E-state index in [1.807, 2.05) is 12.2 Å². The number of esters is 1. The van der Waals surface area contributed by atoms with Gasteiger partial charge in [0.05, 0.1) is 20.3 Å². The van der Waals surface area contributed by atoms with Crippen molar-refractivity contribution in [3.8, 4) is 0 Å². The summed E-state index contributed by atoms with van der Waals surface area (Å²) in [4.78, 5) is 11.4. The summed E-state index contributed by atoms with van der Waals surface area (Å²) in [5, 5.41) is 0. The van der Waals surface area contributed by atoms with Gasteiger partial charge < -0.3 is 14.2 Å². The summed E-state index contributed by atoms with van der Waals surface area (Å²) < 4.78 is 15.4. The molecule has 4 nitrogen and oxygen atoms in total. The SMILES string of the molecule is COC(=O)C1(C)OCC(C/C=C\CCl)CO1. The Morgan fingerprint density at radius 3 is 2.62 bits per heavy atom. The number of ether oxygens (including phenoxy) is 3. The van der Waals surface area contributed by atoms with E-state index in [4.69, 9.17) is 21.1 Å². The molecule has 0 amide bonds. The van der Waals surface area contributed by atoms with Gasteiger partial charge in [0.25, 0.3) is 5.79 Å². The van der Waals surface area contributed by atoms with Crippen LogP contribution in [0, 0.1) is 5.92 Å². The van der Waals surface area contributed by atoms with E-state index in [0.717, 1.165) is 6.42 Å². The number of hydrogen-bond donors (Lipinski definition) is 0. The van der Waals surface area contributed by atoms with E-state index >= 15 is 0 Å². The van der Waals surface area contributed by atoms with Crippen LogP contribution in [0.2, 0.25) is 0 Å². The van der Waals surface area contributed by atoms with Gasteiger partial charge in [0, 0.05) is 18.7 Å². The predicted molar refractivity (Wildman–Crippen MR) is 60.3 cm³/mol. The number of carbonyl (C=O) groups is 1. The largest absolute Gasteiger partial charge is 0.465 e. The molecular formula is C11H17ClO4. The Morgan fingerprint density at radius 2 is 2.12 bits per heavy atom. The highest BCUT2D eigenvalue weighted by Crippen LogP contribution is 2.24. The maximum absolute atomic E-state index is 11.4. The number of alkyl halides is 1. The molecule has 1 rings (SSSR count). The van der Waals surface area contributed by atoms with Gasteiger partial charge in [-0.05, 0) is 6.42 Å². The van der Waals surface area contributed by atoms with Gasteiger partial charge in [-0.3, -0.25) is 0 Å². The highest BCUT2D eigenvalue weighted by atomic mass is 35.5. The molecule has 1 aliphatic rings. The maximum Gasteiger partial charge on any atom is 0.366 e. The molecule has 1 fully saturated rings. The molecule has 1 aliphatic heterocycles. The van der Waals surface area contributed by atoms with E-state index in [1.54, 1.807) is 6.92 Å². The van der Waals surface area contributed by atoms with Gasteiger partial charge in [0.1, 0.15) is 0 Å². The molecule has 0 aliphatic carbocycles. The Hall–Kier alpha value is -0.580. The molecule has 16 heavy (non-hydrogen) atoms. The number of methoxy groups -OCH3 is 1. The lowest BCUT2D eigenvalue weighted by Crippen LogP contribution is -2.48. The van der Waals surface area contributed by atoms with Gasteiger partial charge in [0.15, 0.2) is 0 Å². The predicted octanol–water partition coefficient (Wildman–Crippen LogP) is 1.72. The molecule has 0 unspecified atom stereocenters. The minimum absolute atomic E-state index is 0.261. The molecule has 0 spiro atoms. The Bertz CT molecular complexity index is 257. The van der Waals surface area contributed by atoms with E-state index in [-0.39, 0.29) is 5.92 Å². The first-order valence-electron chi connectivity index (χ1n) is 5.19. The summed E-state index contributed by atoms with van der Waals surface area (Å²) in [6.07, 6.45) is 4.71. The van der Waals surface area contributed by atoms with Crippen molar-refractivity contribution >= 4 is 17.6 Å². The first kappa shape index (κ1) is 13.5. The zero-order valence-electron chi connectivity index (χ0n) is 9.57. The van der Waals surface area contributed by atoms with Crippen molar-refractivity contribution in [3.05, 3.63) is 12.2 Å². The molecule has 1 heterocycles. The minimum atomic E-state index is -1.25. The van der Waals surface area contributed by atoms with E-state index in [0.29, 0.717) is 19.1 Å². The van der Waals surface area contributed by atoms with Crippen LogP contribution in [-0.4, -0.2) is 38.0 Å². The number of hydrogen-bond acceptors (Lipinski definition) is 4. The summed E-state index contributed by atoms with van der Waals surface area (Å²) in [6, 6.07) is 0. The van der Waals surface area contributed by atoms with Crippen LogP contribution in [0.25, 0.3) is 0 Å². The topological polar surface area (TPSA) is 44.8 Å². The second-order valence-corrected chi connectivity index (χ2v) is 4.10. The van der Waals surface area contributed by atoms with Crippen molar-refractivity contribution in [1.29, 1.82) is 0 Å². The first-order valence-corrected chi connectivity index (χ1v) is 5.73. The smallest absolute Gasteiger partial charge is 0.366 e. The van der Waals surface area contributed by atoms with Crippen LogP contribution in [0.3, 0.4) is 0 Å². The minimum Gasteiger partial charge on any atom is -0.465 e. The number of carbonyl (C=O) groups excluding carboxylic acids is 1. The van der Waals surface area contributed by atoms with Crippen LogP contribution in [0.1, 0.15) is 13.3 Å². The summed E-state index contributed by atoms with van der Waals surface area (Å²) in [7, 11) is 1.32. The zero-order valence-corrected chi connectivity index (χ0v) is 10.3. The lowest BCUT2D eigenvalue weighted by Gasteiger charge is -2.34. The van der Waals surface area contributed by atoms with Crippen molar-refractivity contribution in [3.63, 3.8) is 0 Å². The van der Waals surface area contributed by atoms with Crippen molar-refractivity contribution in [2.24, 2.45) is 5.92 Å². The van der Waals surface area contributed by atoms with Crippen LogP contribution < -0.4 is 0 Å². The Kier molecular flexibility index (Phi) is 5.25. The maximum atomic E-state index is 11.4. The first-order chi connectivity index (χ1) is 7.62. The second kappa shape index (κ2) is 6.23. The van der Waals surface area contributed by atoms with Crippen molar-refractivity contribution < 1.29 is 19.0 Å². The van der Waals surface area contributed by atoms with Gasteiger partial charge in [-0.25, -0.2) is 4.79 Å². The van der Waals surface area contributed by atoms with Crippen molar-refractivity contribution in [2.75, 3.05) is 26.2 Å². The highest BCUT2D eigenvalue weighted by Gasteiger charge is 2.41. The quantitative estimate of drug-likeness (QED) is 0.432. The van der Waals surface area contributed by atoms with Gasteiger partial charge >= 0.3 is 5.97 Å². The summed E-state index contributed by atoms with van der Waals surface area (Å²) >= 11 is 5.51. The van der Waals surface area contributed by atoms with Crippen molar-refractivity contribution in [2.45, 2.75) is 19.1 Å². The van der Waals surface area contributed by atoms with Crippen LogP contribution >= 0.6 is 11.6 Å². The average molecular weight is 249 g/mol. The molecule has 0 aromatic heterocycles. The third kappa shape index (κ3) is 3.47. The second-order valence-electron chi connectivity index (χ2n) is 3.79. The third-order valence-electron chi connectivity index (χ3n) is 2.47. The van der Waals surface area contributed by atoms with Crippen LogP contribution in [0.4, 0.5) is 0 Å². The van der Waals surface area contributed by atoms with Gasteiger partial charge in [-0.15, -0.1) is 11.6 Å². The van der Waals surface area contributed by atoms with Gasteiger partial charge in [-0.1, -0.05) is 12.2 Å². The van der Waals surface area contributed by atoms with E-state index in [1.165, 1.54) is 7.11 Å². The molecule has 0 bridgehead atoms. The molecule has 0 atom stereocenters. The molecule has 0 radical (unpaired) electrons. The highest BCUT2D eigenvalue weighted by molar-refractivity contribution is 6.18. The molecule has 1 saturated heterocycles. The van der Waals surface area contributed by atoms with Gasteiger partial charge in [-0.2, -0.15) is 0 Å². The van der Waals surface area contributed by atoms with Crippen LogP contribution in [-0.2, 0) is 19.0 Å². The summed E-state index contributed by atoms with van der Waals surface area (Å²) in [5.74, 6) is -0.977. The monoisotopic (exact) mass is 248 g/mol. The molecular weight excluding hydrogens is 232 g/mol. The number of halogens is 1. The van der Waals surface area contributed by atoms with Crippen LogP contribution in [0.5, 0.6) is 0 Å². The number of rotatable bonds is 4. The number of allylic oxidation sites excluding steroid dienone is 2. The lowest BCUT2D eigenvalue weighted by molar-refractivity contribution is -0.271. The fraction of sp³-hybridized carbons (Fsp3) is 0.727. The normalized spacial score (nSPS) is 30.6. The standard InChI is InChI=1S/C11H17ClO4/c1-11(10(13)14-2)15-7-9(8-16-11)5-3-4-6-12/h3-4,9H,5-8H2,1-2H3/b4-3-. The fourth-order valence-corrected chi connectivity index (χ4v) is 1.56. The Balaban J connectivity index is 2.38. The Labute approximate surface area is 100 Å². The molecule has 0 saturated carbocycles. The molecule has 5 heteroatoms. The van der Waals surface area contributed by atoms with E-state index in [9.17, 15) is 4.79 Å². The van der Waals surface area contributed by atoms with Crippen LogP contribution in [0.15, 0.2) is 12.2 Å². The molecule has 0 aromatic carbocycles. The fourth-order valence-electron chi connectivity index (χ4n) is 1.43. The van der Waals surface area contributed by atoms with Gasteiger partial charge in [0.2, 0.25) is 0 Å². The molecule has 0 aromatic rings. The Morgan fingerprint density at radius 1 is 1.50 bits per heavy atom. The third-order valence-corrected chi connectivity index (χ3v) is 2.65. The van der Waals surface area contributed by atoms with E-state index < -0.39 is 11.8 Å². The summed E-state index contributed by atoms with van der Waals surface area (Å²) in [6.45, 7) is 2.54.